The minimum absolute atomic E-state index is 0.914. The van der Waals surface area contributed by atoms with Gasteiger partial charge in [-0.05, 0) is 334 Å². The standard InChI is InChI=1S/C82H132/c1-5-25-57(26-6-1)75(58-27-7-2-8-28-58)53-55-45-49-61(50-46-55)77-63-33-13-17-37-67(63)79(68-38-18-14-34-64(68)77)81-71-41-21-23-43-73(71)82(74-44-24-22-42-72(74)81)80-69-39-19-15-35-65(69)78(66-36-16-20-40-70(66)80)62-51-47-56(48-52-62)54-76(59-29-9-3-10-30-59)60-31-11-4-12-32-60/h53-74,77-82H,1-52H2. The zero-order chi connectivity index (χ0) is 54.3. The third kappa shape index (κ3) is 11.6. The number of rotatable bonds is 10. The Morgan fingerprint density at radius 3 is 0.524 bits per heavy atom. The predicted molar refractivity (Wildman–Crippen MR) is 347 cm³/mol. The van der Waals surface area contributed by atoms with Crippen LogP contribution in [0.5, 0.6) is 0 Å². The highest BCUT2D eigenvalue weighted by molar-refractivity contribution is 5.18. The lowest BCUT2D eigenvalue weighted by Crippen LogP contribution is -2.62. The van der Waals surface area contributed by atoms with Crippen molar-refractivity contribution in [2.45, 2.75) is 334 Å². The van der Waals surface area contributed by atoms with E-state index in [-0.39, 0.29) is 0 Å². The molecule has 0 saturated heterocycles. The molecule has 0 amide bonds. The molecule has 15 rings (SSSR count). The van der Waals surface area contributed by atoms with Crippen LogP contribution in [-0.4, -0.2) is 0 Å². The minimum atomic E-state index is 0.914. The Hall–Kier alpha value is -0.520. The molecular weight excluding hydrogens is 985 g/mol. The van der Waals surface area contributed by atoms with Crippen LogP contribution in [0.2, 0.25) is 0 Å². The smallest absolute Gasteiger partial charge is 0.0200 e. The SMILES string of the molecule is C(=C(C1CCCCC1)C1CCCCC1)C1CCC(C2C3CCCCC3C(C3C4CCCCC4C(C4C5CCCCC5C(C5CCC(C=C(C6CCCCC6)C6CCCCC6)CC5)C5CCCCC54)C4CCCCC43)C3CCCCC32)CC1. The second-order valence-corrected chi connectivity index (χ2v) is 35.2. The van der Waals surface area contributed by atoms with E-state index >= 15 is 0 Å². The molecule has 0 N–H and O–H groups in total. The average molecular weight is 1120 g/mol. The molecular formula is C82H132. The first-order valence-electron chi connectivity index (χ1n) is 40.2. The van der Waals surface area contributed by atoms with Gasteiger partial charge < -0.3 is 0 Å². The van der Waals surface area contributed by atoms with Crippen molar-refractivity contribution in [2.75, 3.05) is 0 Å². The summed E-state index contributed by atoms with van der Waals surface area (Å²) in [4.78, 5) is 0. The number of hydrogen-bond donors (Lipinski definition) is 0. The van der Waals surface area contributed by atoms with Gasteiger partial charge in [0.2, 0.25) is 0 Å². The summed E-state index contributed by atoms with van der Waals surface area (Å²) in [5, 5.41) is 0. The van der Waals surface area contributed by atoms with E-state index in [0.717, 1.165) is 154 Å². The molecule has 15 aliphatic carbocycles. The zero-order valence-electron chi connectivity index (χ0n) is 53.9. The lowest BCUT2D eigenvalue weighted by molar-refractivity contribution is -0.197. The van der Waals surface area contributed by atoms with Gasteiger partial charge in [-0.2, -0.15) is 0 Å². The summed E-state index contributed by atoms with van der Waals surface area (Å²) in [5.41, 5.74) is 4.08. The third-order valence-corrected chi connectivity index (χ3v) is 32.0. The molecule has 15 aliphatic rings. The van der Waals surface area contributed by atoms with Crippen LogP contribution in [0, 0.1) is 154 Å². The molecule has 0 radical (unpaired) electrons. The summed E-state index contributed by atoms with van der Waals surface area (Å²) in [5.74, 6) is 27.7. The molecule has 0 aromatic rings. The molecule has 0 aromatic carbocycles. The van der Waals surface area contributed by atoms with E-state index in [2.05, 4.69) is 12.2 Å². The van der Waals surface area contributed by atoms with Crippen LogP contribution < -0.4 is 0 Å². The molecule has 12 unspecified atom stereocenters. The second-order valence-electron chi connectivity index (χ2n) is 35.2. The molecule has 0 bridgehead atoms. The van der Waals surface area contributed by atoms with Crippen LogP contribution >= 0.6 is 0 Å². The second kappa shape index (κ2) is 26.9. The van der Waals surface area contributed by atoms with E-state index < -0.39 is 0 Å². The van der Waals surface area contributed by atoms with Gasteiger partial charge in [0.15, 0.2) is 0 Å². The third-order valence-electron chi connectivity index (χ3n) is 32.0. The van der Waals surface area contributed by atoms with E-state index in [1.54, 1.807) is 205 Å². The van der Waals surface area contributed by atoms with Crippen LogP contribution in [-0.2, 0) is 0 Å². The number of allylic oxidation sites excluding steroid dienone is 4. The molecule has 0 nitrogen and oxygen atoms in total. The summed E-state index contributed by atoms with van der Waals surface area (Å²) in [6, 6.07) is 0. The molecule has 15 fully saturated rings. The van der Waals surface area contributed by atoms with E-state index in [9.17, 15) is 0 Å². The fourth-order valence-electron chi connectivity index (χ4n) is 29.3. The maximum Gasteiger partial charge on any atom is -0.0200 e. The summed E-state index contributed by atoms with van der Waals surface area (Å²) >= 11 is 0. The van der Waals surface area contributed by atoms with Gasteiger partial charge >= 0.3 is 0 Å². The van der Waals surface area contributed by atoms with Gasteiger partial charge in [0.05, 0.1) is 0 Å². The van der Waals surface area contributed by atoms with Crippen molar-refractivity contribution in [1.29, 1.82) is 0 Å². The minimum Gasteiger partial charge on any atom is -0.0817 e. The molecule has 12 atom stereocenters. The van der Waals surface area contributed by atoms with Crippen molar-refractivity contribution in [3.8, 4) is 0 Å². The molecule has 0 spiro atoms. The fourth-order valence-corrected chi connectivity index (χ4v) is 29.3. The topological polar surface area (TPSA) is 0 Å². The Bertz CT molecular complexity index is 1790. The highest BCUT2D eigenvalue weighted by Crippen LogP contribution is 2.71. The van der Waals surface area contributed by atoms with Crippen molar-refractivity contribution in [3.05, 3.63) is 23.3 Å². The van der Waals surface area contributed by atoms with Gasteiger partial charge in [-0.3, -0.25) is 0 Å². The maximum atomic E-state index is 3.06. The summed E-state index contributed by atoms with van der Waals surface area (Å²) in [6.07, 6.45) is 88.3. The lowest BCUT2D eigenvalue weighted by atomic mass is 9.37. The molecule has 0 aliphatic heterocycles. The number of fused-ring (bicyclic) bond motifs is 6. The Balaban J connectivity index is 0.691. The van der Waals surface area contributed by atoms with Crippen molar-refractivity contribution in [3.63, 3.8) is 0 Å². The van der Waals surface area contributed by atoms with Crippen molar-refractivity contribution in [1.82, 2.24) is 0 Å². The van der Waals surface area contributed by atoms with Crippen LogP contribution in [0.1, 0.15) is 334 Å². The van der Waals surface area contributed by atoms with E-state index in [1.165, 1.54) is 128 Å². The summed E-state index contributed by atoms with van der Waals surface area (Å²) in [7, 11) is 0. The summed E-state index contributed by atoms with van der Waals surface area (Å²) in [6.45, 7) is 0. The first kappa shape index (κ1) is 57.9. The van der Waals surface area contributed by atoms with Gasteiger partial charge in [-0.25, -0.2) is 0 Å². The van der Waals surface area contributed by atoms with Crippen LogP contribution in [0.4, 0.5) is 0 Å². The van der Waals surface area contributed by atoms with Crippen LogP contribution in [0.15, 0.2) is 23.3 Å². The van der Waals surface area contributed by atoms with Gasteiger partial charge in [-0.15, -0.1) is 0 Å². The van der Waals surface area contributed by atoms with Gasteiger partial charge in [0.25, 0.3) is 0 Å². The van der Waals surface area contributed by atoms with Crippen molar-refractivity contribution >= 4 is 0 Å². The van der Waals surface area contributed by atoms with Crippen molar-refractivity contribution in [2.24, 2.45) is 154 Å². The number of hydrogen-bond acceptors (Lipinski definition) is 0. The quantitative estimate of drug-likeness (QED) is 0.191. The largest absolute Gasteiger partial charge is 0.0817 e. The Morgan fingerprint density at radius 2 is 0.329 bits per heavy atom. The molecule has 460 valence electrons. The molecule has 0 heterocycles. The first-order chi connectivity index (χ1) is 40.7. The van der Waals surface area contributed by atoms with Gasteiger partial charge in [0, 0.05) is 0 Å². The van der Waals surface area contributed by atoms with E-state index in [1.807, 2.05) is 11.1 Å². The Kier molecular flexibility index (Phi) is 19.0. The van der Waals surface area contributed by atoms with Gasteiger partial charge in [0.1, 0.15) is 0 Å². The maximum absolute atomic E-state index is 3.06. The zero-order valence-corrected chi connectivity index (χ0v) is 53.9. The fraction of sp³-hybridized carbons (Fsp3) is 0.951. The van der Waals surface area contributed by atoms with Crippen molar-refractivity contribution < 1.29 is 0 Å². The Labute approximate surface area is 508 Å². The molecule has 0 aromatic heterocycles. The van der Waals surface area contributed by atoms with E-state index in [4.69, 9.17) is 0 Å². The predicted octanol–water partition coefficient (Wildman–Crippen LogP) is 24.3. The highest BCUT2D eigenvalue weighted by atomic mass is 14.7. The molecule has 82 heavy (non-hydrogen) atoms. The lowest BCUT2D eigenvalue weighted by Gasteiger charge is -2.68. The normalized spacial score (nSPS) is 47.5. The molecule has 15 saturated carbocycles. The summed E-state index contributed by atoms with van der Waals surface area (Å²) < 4.78 is 0. The molecule has 0 heteroatoms. The monoisotopic (exact) mass is 1120 g/mol. The van der Waals surface area contributed by atoms with Crippen LogP contribution in [0.3, 0.4) is 0 Å². The first-order valence-corrected chi connectivity index (χ1v) is 40.2. The van der Waals surface area contributed by atoms with E-state index in [0.29, 0.717) is 0 Å². The highest BCUT2D eigenvalue weighted by Gasteiger charge is 2.64. The van der Waals surface area contributed by atoms with Crippen LogP contribution in [0.25, 0.3) is 0 Å². The van der Waals surface area contributed by atoms with Gasteiger partial charge in [-0.1, -0.05) is 177 Å². The average Bonchev–Trinajstić information content (AvgIpc) is 2.19. The Morgan fingerprint density at radius 1 is 0.159 bits per heavy atom.